The smallest absolute Gasteiger partial charge is 0.354 e. The summed E-state index contributed by atoms with van der Waals surface area (Å²) in [6.07, 6.45) is 1.61. The van der Waals surface area contributed by atoms with E-state index in [1.807, 2.05) is 0 Å². The Bertz CT molecular complexity index is 352. The third-order valence-corrected chi connectivity index (χ3v) is 1.81. The van der Waals surface area contributed by atoms with Crippen LogP contribution >= 0.6 is 0 Å². The summed E-state index contributed by atoms with van der Waals surface area (Å²) in [5.41, 5.74) is 0.899. The van der Waals surface area contributed by atoms with Crippen molar-refractivity contribution in [3.8, 4) is 0 Å². The number of esters is 1. The predicted octanol–water partition coefficient (Wildman–Crippen LogP) is 1.01. The largest absolute Gasteiger partial charge is 0.464 e. The van der Waals surface area contributed by atoms with Gasteiger partial charge in [0.15, 0.2) is 5.78 Å². The molecule has 0 fully saturated rings. The van der Waals surface area contributed by atoms with Crippen LogP contribution in [0.5, 0.6) is 0 Å². The number of hydrogen-bond acceptors (Lipinski definition) is 3. The number of hydrogen-bond donors (Lipinski definition) is 0. The maximum atomic E-state index is 11.1. The molecule has 0 aliphatic carbocycles. The van der Waals surface area contributed by atoms with Gasteiger partial charge in [0.2, 0.25) is 0 Å². The Kier molecular flexibility index (Phi) is 2.51. The fourth-order valence-electron chi connectivity index (χ4n) is 1.06. The van der Waals surface area contributed by atoms with Crippen LogP contribution in [0.1, 0.15) is 27.8 Å². The number of nitrogens with zero attached hydrogens (tertiary/aromatic N) is 1. The molecule has 0 unspecified atom stereocenters. The zero-order valence-electron chi connectivity index (χ0n) is 7.83. The molecule has 4 nitrogen and oxygen atoms in total. The van der Waals surface area contributed by atoms with Crippen molar-refractivity contribution in [2.75, 3.05) is 7.11 Å². The molecule has 4 heteroatoms. The van der Waals surface area contributed by atoms with Crippen molar-refractivity contribution in [2.24, 2.45) is 7.05 Å². The minimum atomic E-state index is -0.435. The van der Waals surface area contributed by atoms with E-state index in [0.717, 1.165) is 0 Å². The van der Waals surface area contributed by atoms with Crippen molar-refractivity contribution < 1.29 is 14.3 Å². The van der Waals surface area contributed by atoms with Gasteiger partial charge in [0, 0.05) is 18.8 Å². The highest BCUT2D eigenvalue weighted by molar-refractivity contribution is 5.97. The number of Topliss-reactive ketones (excluding diaryl/α,β-unsaturated/α-hetero) is 1. The SMILES string of the molecule is COC(=O)c1cc(C(C)=O)cn1C. The van der Waals surface area contributed by atoms with Gasteiger partial charge in [0.1, 0.15) is 5.69 Å². The Hall–Kier alpha value is -1.58. The fourth-order valence-corrected chi connectivity index (χ4v) is 1.06. The zero-order chi connectivity index (χ0) is 10.0. The number of carbonyl (C=O) groups excluding carboxylic acids is 2. The van der Waals surface area contributed by atoms with E-state index in [1.165, 1.54) is 20.1 Å². The van der Waals surface area contributed by atoms with Crippen molar-refractivity contribution in [3.63, 3.8) is 0 Å². The summed E-state index contributed by atoms with van der Waals surface area (Å²) >= 11 is 0. The Labute approximate surface area is 76.1 Å². The molecule has 0 saturated heterocycles. The summed E-state index contributed by atoms with van der Waals surface area (Å²) < 4.78 is 6.11. The third kappa shape index (κ3) is 1.77. The van der Waals surface area contributed by atoms with Crippen molar-refractivity contribution in [1.29, 1.82) is 0 Å². The van der Waals surface area contributed by atoms with Gasteiger partial charge in [0.05, 0.1) is 7.11 Å². The van der Waals surface area contributed by atoms with Gasteiger partial charge >= 0.3 is 5.97 Å². The maximum Gasteiger partial charge on any atom is 0.354 e. The summed E-state index contributed by atoms with van der Waals surface area (Å²) in [6.45, 7) is 1.45. The van der Waals surface area contributed by atoms with Gasteiger partial charge in [-0.3, -0.25) is 4.79 Å². The lowest BCUT2D eigenvalue weighted by Crippen LogP contribution is -2.06. The van der Waals surface area contributed by atoms with Crippen LogP contribution in [0.2, 0.25) is 0 Å². The molecule has 0 saturated carbocycles. The molecule has 0 spiro atoms. The quantitative estimate of drug-likeness (QED) is 0.505. The molecule has 0 bridgehead atoms. The maximum absolute atomic E-state index is 11.1. The van der Waals surface area contributed by atoms with E-state index < -0.39 is 5.97 Å². The molecule has 1 heterocycles. The van der Waals surface area contributed by atoms with Gasteiger partial charge < -0.3 is 9.30 Å². The second-order valence-electron chi connectivity index (χ2n) is 2.77. The summed E-state index contributed by atoms with van der Waals surface area (Å²) in [5, 5.41) is 0. The van der Waals surface area contributed by atoms with E-state index in [2.05, 4.69) is 4.74 Å². The van der Waals surface area contributed by atoms with Crippen LogP contribution in [-0.2, 0) is 11.8 Å². The first-order chi connectivity index (χ1) is 6.06. The summed E-state index contributed by atoms with van der Waals surface area (Å²) in [6, 6.07) is 1.52. The van der Waals surface area contributed by atoms with Crippen LogP contribution < -0.4 is 0 Å². The number of rotatable bonds is 2. The van der Waals surface area contributed by atoms with E-state index in [0.29, 0.717) is 11.3 Å². The van der Waals surface area contributed by atoms with Gasteiger partial charge in [-0.25, -0.2) is 4.79 Å². The molecular formula is C9H11NO3. The van der Waals surface area contributed by atoms with Gasteiger partial charge in [-0.05, 0) is 13.0 Å². The molecule has 0 aliphatic rings. The van der Waals surface area contributed by atoms with Crippen LogP contribution in [0, 0.1) is 0 Å². The van der Waals surface area contributed by atoms with Crippen LogP contribution in [0.25, 0.3) is 0 Å². The van der Waals surface area contributed by atoms with E-state index in [-0.39, 0.29) is 5.78 Å². The highest BCUT2D eigenvalue weighted by Crippen LogP contribution is 2.08. The lowest BCUT2D eigenvalue weighted by Gasteiger charge is -1.98. The average molecular weight is 181 g/mol. The van der Waals surface area contributed by atoms with Crippen molar-refractivity contribution in [3.05, 3.63) is 23.5 Å². The van der Waals surface area contributed by atoms with E-state index in [1.54, 1.807) is 17.8 Å². The third-order valence-electron chi connectivity index (χ3n) is 1.81. The molecule has 0 radical (unpaired) electrons. The molecule has 0 atom stereocenters. The van der Waals surface area contributed by atoms with Crippen LogP contribution in [0.4, 0.5) is 0 Å². The van der Waals surface area contributed by atoms with E-state index in [4.69, 9.17) is 0 Å². The molecular weight excluding hydrogens is 170 g/mol. The molecule has 0 aromatic carbocycles. The lowest BCUT2D eigenvalue weighted by molar-refractivity contribution is 0.0590. The number of carbonyl (C=O) groups is 2. The van der Waals surface area contributed by atoms with Crippen LogP contribution in [0.15, 0.2) is 12.3 Å². The average Bonchev–Trinajstić information content (AvgIpc) is 2.46. The molecule has 70 valence electrons. The highest BCUT2D eigenvalue weighted by Gasteiger charge is 2.13. The molecule has 1 aromatic heterocycles. The Balaban J connectivity index is 3.10. The fraction of sp³-hybridized carbons (Fsp3) is 0.333. The first-order valence-corrected chi connectivity index (χ1v) is 3.82. The van der Waals surface area contributed by atoms with Crippen molar-refractivity contribution in [2.45, 2.75) is 6.92 Å². The number of methoxy groups -OCH3 is 1. The number of aryl methyl sites for hydroxylation is 1. The van der Waals surface area contributed by atoms with Gasteiger partial charge in [-0.1, -0.05) is 0 Å². The first kappa shape index (κ1) is 9.51. The number of ether oxygens (including phenoxy) is 1. The summed E-state index contributed by atoms with van der Waals surface area (Å²) in [4.78, 5) is 22.1. The van der Waals surface area contributed by atoms with Gasteiger partial charge in [-0.2, -0.15) is 0 Å². The molecule has 0 amide bonds. The van der Waals surface area contributed by atoms with Crippen LogP contribution in [-0.4, -0.2) is 23.4 Å². The predicted molar refractivity (Wildman–Crippen MR) is 46.8 cm³/mol. The Morgan fingerprint density at radius 1 is 1.46 bits per heavy atom. The van der Waals surface area contributed by atoms with Gasteiger partial charge in [0.25, 0.3) is 0 Å². The molecule has 0 N–H and O–H groups in total. The second kappa shape index (κ2) is 3.43. The Morgan fingerprint density at radius 3 is 2.46 bits per heavy atom. The van der Waals surface area contributed by atoms with E-state index >= 15 is 0 Å². The minimum absolute atomic E-state index is 0.0641. The lowest BCUT2D eigenvalue weighted by atomic mass is 10.2. The summed E-state index contributed by atoms with van der Waals surface area (Å²) in [5.74, 6) is -0.499. The number of ketones is 1. The normalized spacial score (nSPS) is 9.77. The molecule has 1 aromatic rings. The zero-order valence-corrected chi connectivity index (χ0v) is 7.83. The second-order valence-corrected chi connectivity index (χ2v) is 2.77. The summed E-state index contributed by atoms with van der Waals surface area (Å²) in [7, 11) is 3.00. The Morgan fingerprint density at radius 2 is 2.08 bits per heavy atom. The molecule has 1 rings (SSSR count). The first-order valence-electron chi connectivity index (χ1n) is 3.82. The molecule has 13 heavy (non-hydrogen) atoms. The standard InChI is InChI=1S/C9H11NO3/c1-6(11)7-4-8(9(12)13-3)10(2)5-7/h4-5H,1-3H3. The highest BCUT2D eigenvalue weighted by atomic mass is 16.5. The van der Waals surface area contributed by atoms with Gasteiger partial charge in [-0.15, -0.1) is 0 Å². The minimum Gasteiger partial charge on any atom is -0.464 e. The van der Waals surface area contributed by atoms with E-state index in [9.17, 15) is 9.59 Å². The monoisotopic (exact) mass is 181 g/mol. The number of aromatic nitrogens is 1. The van der Waals surface area contributed by atoms with Crippen molar-refractivity contribution >= 4 is 11.8 Å². The van der Waals surface area contributed by atoms with Crippen LogP contribution in [0.3, 0.4) is 0 Å². The topological polar surface area (TPSA) is 48.3 Å². The molecule has 0 aliphatic heterocycles. The van der Waals surface area contributed by atoms with Crippen molar-refractivity contribution in [1.82, 2.24) is 4.57 Å².